The molecule has 102 valence electrons. The number of aryl methyl sites for hydroxylation is 1. The summed E-state index contributed by atoms with van der Waals surface area (Å²) in [5.41, 5.74) is 4.31. The van der Waals surface area contributed by atoms with Crippen LogP contribution in [0.1, 0.15) is 46.9 Å². The van der Waals surface area contributed by atoms with Crippen LogP contribution in [0, 0.1) is 11.3 Å². The summed E-state index contributed by atoms with van der Waals surface area (Å²) in [6, 6.07) is 5.70. The Morgan fingerprint density at radius 2 is 2.25 bits per heavy atom. The van der Waals surface area contributed by atoms with E-state index in [0.717, 1.165) is 36.8 Å². The van der Waals surface area contributed by atoms with Gasteiger partial charge in [0.25, 0.3) is 0 Å². The molecule has 0 spiro atoms. The number of nitriles is 1. The predicted octanol–water partition coefficient (Wildman–Crippen LogP) is 2.87. The average molecular weight is 268 g/mol. The van der Waals surface area contributed by atoms with Crippen molar-refractivity contribution < 1.29 is 9.53 Å². The fourth-order valence-corrected chi connectivity index (χ4v) is 3.01. The molecule has 0 atom stereocenters. The minimum absolute atomic E-state index is 0.275. The quantitative estimate of drug-likeness (QED) is 0.787. The highest BCUT2D eigenvalue weighted by Crippen LogP contribution is 2.31. The van der Waals surface area contributed by atoms with Crippen molar-refractivity contribution in [1.29, 1.82) is 5.26 Å². The lowest BCUT2D eigenvalue weighted by Gasteiger charge is -2.12. The Labute approximate surface area is 117 Å². The molecule has 1 aliphatic rings. The monoisotopic (exact) mass is 268 g/mol. The highest BCUT2D eigenvalue weighted by Gasteiger charge is 2.25. The topological polar surface area (TPSA) is 54.5 Å². The van der Waals surface area contributed by atoms with Crippen molar-refractivity contribution in [2.45, 2.75) is 32.6 Å². The summed E-state index contributed by atoms with van der Waals surface area (Å²) in [4.78, 5) is 12.3. The maximum absolute atomic E-state index is 12.3. The van der Waals surface area contributed by atoms with E-state index in [9.17, 15) is 4.79 Å². The molecule has 4 nitrogen and oxygen atoms in total. The second-order valence-electron chi connectivity index (χ2n) is 5.01. The molecule has 0 N–H and O–H groups in total. The van der Waals surface area contributed by atoms with Gasteiger partial charge in [-0.25, -0.2) is 4.79 Å². The minimum atomic E-state index is -0.275. The van der Waals surface area contributed by atoms with Gasteiger partial charge >= 0.3 is 5.97 Å². The van der Waals surface area contributed by atoms with E-state index in [2.05, 4.69) is 6.07 Å². The molecule has 0 aliphatic heterocycles. The summed E-state index contributed by atoms with van der Waals surface area (Å²) in [6.07, 6.45) is 6.01. The number of pyridine rings is 1. The first kappa shape index (κ1) is 12.7. The normalized spacial score (nSPS) is 13.8. The summed E-state index contributed by atoms with van der Waals surface area (Å²) >= 11 is 0. The van der Waals surface area contributed by atoms with Crippen LogP contribution in [0.3, 0.4) is 0 Å². The van der Waals surface area contributed by atoms with Crippen LogP contribution in [0.2, 0.25) is 0 Å². The SMILES string of the molecule is CCOC(=O)c1c2c(n3ccc(C#N)cc13)CCCC2. The van der Waals surface area contributed by atoms with Gasteiger partial charge < -0.3 is 9.14 Å². The van der Waals surface area contributed by atoms with Gasteiger partial charge in [-0.3, -0.25) is 0 Å². The smallest absolute Gasteiger partial charge is 0.340 e. The maximum atomic E-state index is 12.3. The van der Waals surface area contributed by atoms with Crippen molar-refractivity contribution in [1.82, 2.24) is 4.40 Å². The predicted molar refractivity (Wildman–Crippen MR) is 74.7 cm³/mol. The first-order chi connectivity index (χ1) is 9.76. The van der Waals surface area contributed by atoms with Gasteiger partial charge in [0, 0.05) is 11.9 Å². The zero-order valence-corrected chi connectivity index (χ0v) is 11.5. The molecule has 0 amide bonds. The number of fused-ring (bicyclic) bond motifs is 3. The van der Waals surface area contributed by atoms with Gasteiger partial charge in [0.1, 0.15) is 0 Å². The molecule has 2 aromatic heterocycles. The Morgan fingerprint density at radius 3 is 3.00 bits per heavy atom. The molecule has 0 fully saturated rings. The van der Waals surface area contributed by atoms with Gasteiger partial charge in [0.05, 0.1) is 29.3 Å². The van der Waals surface area contributed by atoms with Gasteiger partial charge in [-0.15, -0.1) is 0 Å². The second kappa shape index (κ2) is 5.01. The van der Waals surface area contributed by atoms with Gasteiger partial charge in [0.2, 0.25) is 0 Å². The third kappa shape index (κ3) is 1.87. The molecule has 1 aliphatic carbocycles. The molecule has 2 heterocycles. The second-order valence-corrected chi connectivity index (χ2v) is 5.01. The van der Waals surface area contributed by atoms with Crippen LogP contribution in [0.4, 0.5) is 0 Å². The summed E-state index contributed by atoms with van der Waals surface area (Å²) in [5, 5.41) is 9.06. The van der Waals surface area contributed by atoms with E-state index < -0.39 is 0 Å². The average Bonchev–Trinajstić information content (AvgIpc) is 2.81. The zero-order valence-electron chi connectivity index (χ0n) is 11.5. The largest absolute Gasteiger partial charge is 0.462 e. The van der Waals surface area contributed by atoms with E-state index in [-0.39, 0.29) is 5.97 Å². The van der Waals surface area contributed by atoms with E-state index in [1.54, 1.807) is 12.1 Å². The number of hydrogen-bond acceptors (Lipinski definition) is 3. The fourth-order valence-electron chi connectivity index (χ4n) is 3.01. The third-order valence-electron chi connectivity index (χ3n) is 3.85. The highest BCUT2D eigenvalue weighted by molar-refractivity contribution is 6.00. The van der Waals surface area contributed by atoms with E-state index in [1.807, 2.05) is 17.5 Å². The van der Waals surface area contributed by atoms with Gasteiger partial charge in [-0.1, -0.05) is 0 Å². The maximum Gasteiger partial charge on any atom is 0.340 e. The first-order valence-electron chi connectivity index (χ1n) is 6.99. The van der Waals surface area contributed by atoms with E-state index in [4.69, 9.17) is 10.00 Å². The lowest BCUT2D eigenvalue weighted by Crippen LogP contribution is -2.09. The van der Waals surface area contributed by atoms with Crippen LogP contribution in [-0.4, -0.2) is 17.0 Å². The van der Waals surface area contributed by atoms with Crippen LogP contribution in [0.5, 0.6) is 0 Å². The number of nitrogens with zero attached hydrogens (tertiary/aromatic N) is 2. The van der Waals surface area contributed by atoms with E-state index in [0.29, 0.717) is 17.7 Å². The standard InChI is InChI=1S/C16H16N2O2/c1-2-20-16(19)15-12-5-3-4-6-13(12)18-8-7-11(10-17)9-14(15)18/h7-9H,2-6H2,1H3. The molecule has 4 heteroatoms. The number of hydrogen-bond donors (Lipinski definition) is 0. The lowest BCUT2D eigenvalue weighted by atomic mass is 9.94. The van der Waals surface area contributed by atoms with Gasteiger partial charge in [0.15, 0.2) is 0 Å². The third-order valence-corrected chi connectivity index (χ3v) is 3.85. The van der Waals surface area contributed by atoms with Crippen molar-refractivity contribution in [3.8, 4) is 6.07 Å². The van der Waals surface area contributed by atoms with Crippen molar-refractivity contribution in [3.05, 3.63) is 40.7 Å². The number of aromatic nitrogens is 1. The molecule has 3 rings (SSSR count). The lowest BCUT2D eigenvalue weighted by molar-refractivity contribution is 0.0527. The molecule has 0 saturated heterocycles. The zero-order chi connectivity index (χ0) is 14.1. The van der Waals surface area contributed by atoms with Crippen LogP contribution in [0.25, 0.3) is 5.52 Å². The summed E-state index contributed by atoms with van der Waals surface area (Å²) in [7, 11) is 0. The Balaban J connectivity index is 2.29. The Kier molecular flexibility index (Phi) is 3.19. The van der Waals surface area contributed by atoms with Crippen LogP contribution < -0.4 is 0 Å². The van der Waals surface area contributed by atoms with Crippen LogP contribution >= 0.6 is 0 Å². The van der Waals surface area contributed by atoms with Gasteiger partial charge in [-0.05, 0) is 50.3 Å². The molecule has 0 unspecified atom stereocenters. The Morgan fingerprint density at radius 1 is 1.45 bits per heavy atom. The summed E-state index contributed by atoms with van der Waals surface area (Å²) < 4.78 is 7.24. The Bertz CT molecular complexity index is 722. The van der Waals surface area contributed by atoms with Crippen LogP contribution in [-0.2, 0) is 17.6 Å². The summed E-state index contributed by atoms with van der Waals surface area (Å²) in [5.74, 6) is -0.275. The van der Waals surface area contributed by atoms with Crippen molar-refractivity contribution in [2.24, 2.45) is 0 Å². The van der Waals surface area contributed by atoms with Crippen LogP contribution in [0.15, 0.2) is 18.3 Å². The van der Waals surface area contributed by atoms with Crippen molar-refractivity contribution in [2.75, 3.05) is 6.61 Å². The molecule has 0 aromatic carbocycles. The molecule has 2 aromatic rings. The minimum Gasteiger partial charge on any atom is -0.462 e. The van der Waals surface area contributed by atoms with Crippen molar-refractivity contribution in [3.63, 3.8) is 0 Å². The Hall–Kier alpha value is -2.28. The highest BCUT2D eigenvalue weighted by atomic mass is 16.5. The molecule has 20 heavy (non-hydrogen) atoms. The number of esters is 1. The number of rotatable bonds is 2. The molecule has 0 saturated carbocycles. The van der Waals surface area contributed by atoms with E-state index in [1.165, 1.54) is 5.69 Å². The molecule has 0 bridgehead atoms. The fraction of sp³-hybridized carbons (Fsp3) is 0.375. The van der Waals surface area contributed by atoms with E-state index >= 15 is 0 Å². The van der Waals surface area contributed by atoms with Crippen molar-refractivity contribution >= 4 is 11.5 Å². The number of carbonyl (C=O) groups is 1. The van der Waals surface area contributed by atoms with Gasteiger partial charge in [-0.2, -0.15) is 5.26 Å². The number of carbonyl (C=O) groups excluding carboxylic acids is 1. The molecule has 0 radical (unpaired) electrons. The molecular formula is C16H16N2O2. The molecular weight excluding hydrogens is 252 g/mol. The first-order valence-corrected chi connectivity index (χ1v) is 6.99. The number of ether oxygens (including phenoxy) is 1. The summed E-state index contributed by atoms with van der Waals surface area (Å²) in [6.45, 7) is 2.17.